The fourth-order valence-electron chi connectivity index (χ4n) is 2.66. The van der Waals surface area contributed by atoms with Gasteiger partial charge >= 0.3 is 0 Å². The smallest absolute Gasteiger partial charge is 0.253 e. The molecule has 28 heavy (non-hydrogen) atoms. The van der Waals surface area contributed by atoms with Crippen molar-refractivity contribution in [3.63, 3.8) is 0 Å². The Kier molecular flexibility index (Phi) is 6.60. The van der Waals surface area contributed by atoms with Crippen molar-refractivity contribution in [2.75, 3.05) is 13.2 Å². The van der Waals surface area contributed by atoms with Gasteiger partial charge in [-0.05, 0) is 49.4 Å². The second kappa shape index (κ2) is 9.32. The van der Waals surface area contributed by atoms with Crippen molar-refractivity contribution < 1.29 is 9.53 Å². The standard InChI is InChI=1S/C21H20BrN3O3/c1-2-28-18-8-6-15(7-9-18)19-13-20(26)25(14-24-19)11-10-23-21(27)16-4-3-5-17(22)12-16/h3-9,12-14H,2,10-11H2,1H3,(H,23,27). The Hall–Kier alpha value is -2.93. The molecule has 0 bridgehead atoms. The number of aromatic nitrogens is 2. The molecule has 7 heteroatoms. The third kappa shape index (κ3) is 5.07. The van der Waals surface area contributed by atoms with Crippen LogP contribution in [0.1, 0.15) is 17.3 Å². The highest BCUT2D eigenvalue weighted by Crippen LogP contribution is 2.19. The predicted octanol–water partition coefficient (Wildman–Crippen LogP) is 3.50. The average Bonchev–Trinajstić information content (AvgIpc) is 2.70. The van der Waals surface area contributed by atoms with E-state index in [1.54, 1.807) is 18.2 Å². The Morgan fingerprint density at radius 2 is 1.96 bits per heavy atom. The van der Waals surface area contributed by atoms with Gasteiger partial charge < -0.3 is 10.1 Å². The maximum absolute atomic E-state index is 12.4. The Labute approximate surface area is 171 Å². The quantitative estimate of drug-likeness (QED) is 0.608. The largest absolute Gasteiger partial charge is 0.494 e. The van der Waals surface area contributed by atoms with Crippen LogP contribution in [0.3, 0.4) is 0 Å². The molecule has 1 N–H and O–H groups in total. The zero-order valence-corrected chi connectivity index (χ0v) is 17.0. The van der Waals surface area contributed by atoms with E-state index in [0.717, 1.165) is 15.8 Å². The highest BCUT2D eigenvalue weighted by atomic mass is 79.9. The van der Waals surface area contributed by atoms with Crippen LogP contribution in [0, 0.1) is 0 Å². The van der Waals surface area contributed by atoms with Crippen LogP contribution in [0.4, 0.5) is 0 Å². The first-order valence-electron chi connectivity index (χ1n) is 8.90. The van der Waals surface area contributed by atoms with Gasteiger partial charge in [-0.2, -0.15) is 0 Å². The SMILES string of the molecule is CCOc1ccc(-c2cc(=O)n(CCNC(=O)c3cccc(Br)c3)cn2)cc1. The zero-order valence-electron chi connectivity index (χ0n) is 15.4. The molecule has 0 aliphatic carbocycles. The number of rotatable bonds is 7. The molecular formula is C21H20BrN3O3. The zero-order chi connectivity index (χ0) is 19.9. The van der Waals surface area contributed by atoms with Gasteiger partial charge in [0.25, 0.3) is 11.5 Å². The van der Waals surface area contributed by atoms with Gasteiger partial charge in [-0.15, -0.1) is 0 Å². The van der Waals surface area contributed by atoms with E-state index in [0.29, 0.717) is 31.0 Å². The topological polar surface area (TPSA) is 73.2 Å². The van der Waals surface area contributed by atoms with E-state index in [2.05, 4.69) is 26.2 Å². The molecule has 0 atom stereocenters. The number of carbonyl (C=O) groups excluding carboxylic acids is 1. The Balaban J connectivity index is 1.61. The third-order valence-electron chi connectivity index (χ3n) is 4.07. The summed E-state index contributed by atoms with van der Waals surface area (Å²) in [5.41, 5.74) is 1.83. The predicted molar refractivity (Wildman–Crippen MR) is 112 cm³/mol. The molecule has 2 aromatic carbocycles. The second-order valence-electron chi connectivity index (χ2n) is 6.03. The number of nitrogens with zero attached hydrogens (tertiary/aromatic N) is 2. The van der Waals surface area contributed by atoms with Crippen LogP contribution in [-0.2, 0) is 6.54 Å². The van der Waals surface area contributed by atoms with Gasteiger partial charge in [0.15, 0.2) is 0 Å². The van der Waals surface area contributed by atoms with Gasteiger partial charge in [0.2, 0.25) is 0 Å². The van der Waals surface area contributed by atoms with Gasteiger partial charge in [-0.25, -0.2) is 4.98 Å². The van der Waals surface area contributed by atoms with Crippen LogP contribution in [0.5, 0.6) is 5.75 Å². The maximum Gasteiger partial charge on any atom is 0.253 e. The molecule has 1 heterocycles. The third-order valence-corrected chi connectivity index (χ3v) is 4.56. The monoisotopic (exact) mass is 441 g/mol. The van der Waals surface area contributed by atoms with Gasteiger partial charge in [-0.1, -0.05) is 22.0 Å². The molecular weight excluding hydrogens is 422 g/mol. The van der Waals surface area contributed by atoms with Gasteiger partial charge in [0.1, 0.15) is 5.75 Å². The van der Waals surface area contributed by atoms with Crippen molar-refractivity contribution in [1.82, 2.24) is 14.9 Å². The fourth-order valence-corrected chi connectivity index (χ4v) is 3.06. The van der Waals surface area contributed by atoms with Crippen LogP contribution in [0.2, 0.25) is 0 Å². The highest BCUT2D eigenvalue weighted by molar-refractivity contribution is 9.10. The molecule has 0 aliphatic rings. The van der Waals surface area contributed by atoms with E-state index in [9.17, 15) is 9.59 Å². The summed E-state index contributed by atoms with van der Waals surface area (Å²) in [7, 11) is 0. The summed E-state index contributed by atoms with van der Waals surface area (Å²) >= 11 is 3.34. The van der Waals surface area contributed by atoms with E-state index in [-0.39, 0.29) is 11.5 Å². The van der Waals surface area contributed by atoms with Gasteiger partial charge in [-0.3, -0.25) is 14.2 Å². The molecule has 0 fully saturated rings. The Morgan fingerprint density at radius 3 is 2.64 bits per heavy atom. The minimum Gasteiger partial charge on any atom is -0.494 e. The number of carbonyl (C=O) groups is 1. The van der Waals surface area contributed by atoms with Gasteiger partial charge in [0, 0.05) is 34.8 Å². The maximum atomic E-state index is 12.4. The lowest BCUT2D eigenvalue weighted by Gasteiger charge is -2.09. The highest BCUT2D eigenvalue weighted by Gasteiger charge is 2.07. The minimum absolute atomic E-state index is 0.171. The number of amides is 1. The van der Waals surface area contributed by atoms with Crippen molar-refractivity contribution in [3.8, 4) is 17.0 Å². The lowest BCUT2D eigenvalue weighted by atomic mass is 10.1. The number of ether oxygens (including phenoxy) is 1. The molecule has 0 spiro atoms. The fraction of sp³-hybridized carbons (Fsp3) is 0.190. The summed E-state index contributed by atoms with van der Waals surface area (Å²) in [5, 5.41) is 2.81. The molecule has 0 saturated heterocycles. The average molecular weight is 442 g/mol. The Morgan fingerprint density at radius 1 is 1.18 bits per heavy atom. The minimum atomic E-state index is -0.187. The van der Waals surface area contributed by atoms with Crippen molar-refractivity contribution in [2.45, 2.75) is 13.5 Å². The van der Waals surface area contributed by atoms with Gasteiger partial charge in [0.05, 0.1) is 18.6 Å². The summed E-state index contributed by atoms with van der Waals surface area (Å²) in [6.07, 6.45) is 1.50. The first-order chi connectivity index (χ1) is 13.6. The number of halogens is 1. The normalized spacial score (nSPS) is 10.5. The van der Waals surface area contributed by atoms with E-state index in [1.807, 2.05) is 37.3 Å². The molecule has 144 valence electrons. The molecule has 0 saturated carbocycles. The van der Waals surface area contributed by atoms with E-state index in [4.69, 9.17) is 4.74 Å². The van der Waals surface area contributed by atoms with Crippen molar-refractivity contribution in [2.24, 2.45) is 0 Å². The van der Waals surface area contributed by atoms with Crippen molar-refractivity contribution in [1.29, 1.82) is 0 Å². The first-order valence-corrected chi connectivity index (χ1v) is 9.69. The summed E-state index contributed by atoms with van der Waals surface area (Å²) < 4.78 is 7.73. The number of hydrogen-bond donors (Lipinski definition) is 1. The summed E-state index contributed by atoms with van der Waals surface area (Å²) in [6, 6.07) is 16.1. The number of hydrogen-bond acceptors (Lipinski definition) is 4. The van der Waals surface area contributed by atoms with E-state index in [1.165, 1.54) is 17.0 Å². The Bertz CT molecular complexity index is 1020. The lowest BCUT2D eigenvalue weighted by molar-refractivity contribution is 0.0952. The van der Waals surface area contributed by atoms with Crippen LogP contribution < -0.4 is 15.6 Å². The van der Waals surface area contributed by atoms with Crippen LogP contribution in [0.25, 0.3) is 11.3 Å². The first kappa shape index (κ1) is 19.8. The molecule has 3 rings (SSSR count). The molecule has 3 aromatic rings. The van der Waals surface area contributed by atoms with Crippen molar-refractivity contribution in [3.05, 3.63) is 81.3 Å². The summed E-state index contributed by atoms with van der Waals surface area (Å²) in [6.45, 7) is 3.20. The van der Waals surface area contributed by atoms with E-state index < -0.39 is 0 Å². The molecule has 0 unspecified atom stereocenters. The summed E-state index contributed by atoms with van der Waals surface area (Å²) in [5.74, 6) is 0.592. The van der Waals surface area contributed by atoms with Crippen LogP contribution >= 0.6 is 15.9 Å². The number of nitrogens with one attached hydrogen (secondary N) is 1. The molecule has 1 aromatic heterocycles. The lowest BCUT2D eigenvalue weighted by Crippen LogP contribution is -2.30. The van der Waals surface area contributed by atoms with E-state index >= 15 is 0 Å². The molecule has 6 nitrogen and oxygen atoms in total. The van der Waals surface area contributed by atoms with Crippen LogP contribution in [0.15, 0.2) is 70.2 Å². The molecule has 0 aliphatic heterocycles. The van der Waals surface area contributed by atoms with Crippen molar-refractivity contribution >= 4 is 21.8 Å². The summed E-state index contributed by atoms with van der Waals surface area (Å²) in [4.78, 5) is 28.8. The molecule has 1 amide bonds. The molecule has 0 radical (unpaired) electrons. The number of benzene rings is 2. The second-order valence-corrected chi connectivity index (χ2v) is 6.95. The van der Waals surface area contributed by atoms with Crippen LogP contribution in [-0.4, -0.2) is 28.6 Å².